The summed E-state index contributed by atoms with van der Waals surface area (Å²) in [4.78, 5) is -0.237. The highest BCUT2D eigenvalue weighted by Crippen LogP contribution is 2.38. The molecule has 134 valence electrons. The number of phenolic OH excluding ortho intramolecular Hbond substituents is 1. The topological polar surface area (TPSA) is 109 Å². The van der Waals surface area contributed by atoms with Gasteiger partial charge in [-0.2, -0.15) is 8.42 Å². The zero-order valence-electron chi connectivity index (χ0n) is 14.0. The number of methoxy groups -OCH3 is 1. The van der Waals surface area contributed by atoms with E-state index in [9.17, 15) is 18.1 Å². The second kappa shape index (κ2) is 6.74. The Bertz CT molecular complexity index is 1120. The van der Waals surface area contributed by atoms with Crippen molar-refractivity contribution in [3.05, 3.63) is 54.1 Å². The van der Waals surface area contributed by atoms with Crippen LogP contribution < -0.4 is 4.74 Å². The molecule has 3 aromatic rings. The van der Waals surface area contributed by atoms with E-state index < -0.39 is 10.1 Å². The second-order valence-electron chi connectivity index (χ2n) is 5.62. The number of ether oxygens (including phenoxy) is 1. The molecule has 0 saturated heterocycles. The summed E-state index contributed by atoms with van der Waals surface area (Å²) in [7, 11) is -2.78. The normalized spacial score (nSPS) is 12.0. The number of nitrogens with zero attached hydrogens (tertiary/aromatic N) is 2. The summed E-state index contributed by atoms with van der Waals surface area (Å²) in [5.41, 5.74) is 1.58. The smallest absolute Gasteiger partial charge is 0.294 e. The Hall–Kier alpha value is -2.97. The summed E-state index contributed by atoms with van der Waals surface area (Å²) < 4.78 is 37.1. The van der Waals surface area contributed by atoms with Gasteiger partial charge < -0.3 is 9.84 Å². The van der Waals surface area contributed by atoms with Crippen molar-refractivity contribution in [2.45, 2.75) is 11.8 Å². The lowest BCUT2D eigenvalue weighted by atomic mass is 10.1. The molecular formula is C18H16N2O5S. The van der Waals surface area contributed by atoms with Gasteiger partial charge in [-0.25, -0.2) is 0 Å². The van der Waals surface area contributed by atoms with E-state index in [-0.39, 0.29) is 16.3 Å². The molecule has 0 atom stereocenters. The molecule has 26 heavy (non-hydrogen) atoms. The van der Waals surface area contributed by atoms with Crippen molar-refractivity contribution < 1.29 is 22.8 Å². The van der Waals surface area contributed by atoms with Crippen LogP contribution >= 0.6 is 0 Å². The van der Waals surface area contributed by atoms with Gasteiger partial charge in [0.2, 0.25) is 0 Å². The molecule has 8 heteroatoms. The maximum Gasteiger partial charge on any atom is 0.294 e. The highest BCUT2D eigenvalue weighted by molar-refractivity contribution is 7.85. The molecule has 0 unspecified atom stereocenters. The van der Waals surface area contributed by atoms with E-state index in [2.05, 4.69) is 10.2 Å². The summed E-state index contributed by atoms with van der Waals surface area (Å²) in [5.74, 6) is 0.470. The van der Waals surface area contributed by atoms with Crippen LogP contribution in [0.3, 0.4) is 0 Å². The third-order valence-electron chi connectivity index (χ3n) is 3.89. The molecule has 7 nitrogen and oxygen atoms in total. The number of phenols is 1. The summed E-state index contributed by atoms with van der Waals surface area (Å²) in [6.07, 6.45) is 0. The molecule has 2 N–H and O–H groups in total. The van der Waals surface area contributed by atoms with Crippen LogP contribution in [0, 0.1) is 6.92 Å². The zero-order chi connectivity index (χ0) is 18.9. The fourth-order valence-corrected chi connectivity index (χ4v) is 3.15. The molecule has 0 aliphatic heterocycles. The quantitative estimate of drug-likeness (QED) is 0.517. The van der Waals surface area contributed by atoms with Gasteiger partial charge in [-0.1, -0.05) is 24.3 Å². The minimum absolute atomic E-state index is 0.104. The van der Waals surface area contributed by atoms with Crippen LogP contribution in [-0.2, 0) is 10.1 Å². The summed E-state index contributed by atoms with van der Waals surface area (Å²) >= 11 is 0. The molecule has 3 aromatic carbocycles. The Morgan fingerprint density at radius 2 is 1.81 bits per heavy atom. The first-order valence-corrected chi connectivity index (χ1v) is 9.04. The number of aryl methyl sites for hydroxylation is 1. The van der Waals surface area contributed by atoms with E-state index in [1.165, 1.54) is 37.4 Å². The second-order valence-corrected chi connectivity index (χ2v) is 7.04. The van der Waals surface area contributed by atoms with Gasteiger partial charge in [-0.3, -0.25) is 4.55 Å². The van der Waals surface area contributed by atoms with Crippen LogP contribution in [0.25, 0.3) is 10.8 Å². The molecule has 0 spiro atoms. The lowest BCUT2D eigenvalue weighted by Crippen LogP contribution is -1.97. The van der Waals surface area contributed by atoms with E-state index in [1.54, 1.807) is 6.07 Å². The predicted octanol–water partition coefficient (Wildman–Crippen LogP) is 4.52. The number of rotatable bonds is 4. The standard InChI is InChI=1S/C18H16N2O5S/c1-11-4-3-5-15(18(11)25-2)19-20-17-14-8-7-13(26(22,23)24)10-12(14)6-9-16(17)21/h3-10,21H,1-2H3,(H,22,23,24). The molecule has 0 aliphatic carbocycles. The first kappa shape index (κ1) is 17.8. The number of aromatic hydroxyl groups is 1. The van der Waals surface area contributed by atoms with Crippen molar-refractivity contribution in [1.82, 2.24) is 0 Å². The van der Waals surface area contributed by atoms with Gasteiger partial charge in [-0.05, 0) is 42.1 Å². The number of fused-ring (bicyclic) bond motifs is 1. The minimum atomic E-state index is -4.32. The molecule has 0 saturated carbocycles. The van der Waals surface area contributed by atoms with Crippen molar-refractivity contribution in [3.8, 4) is 11.5 Å². The van der Waals surface area contributed by atoms with Gasteiger partial charge in [0, 0.05) is 5.39 Å². The first-order chi connectivity index (χ1) is 12.3. The van der Waals surface area contributed by atoms with Crippen molar-refractivity contribution in [2.24, 2.45) is 10.2 Å². The average Bonchev–Trinajstić information content (AvgIpc) is 2.59. The van der Waals surface area contributed by atoms with Crippen molar-refractivity contribution in [2.75, 3.05) is 7.11 Å². The summed E-state index contributed by atoms with van der Waals surface area (Å²) in [6.45, 7) is 1.88. The van der Waals surface area contributed by atoms with E-state index >= 15 is 0 Å². The molecule has 0 bridgehead atoms. The van der Waals surface area contributed by atoms with Crippen LogP contribution in [0.5, 0.6) is 11.5 Å². The fourth-order valence-electron chi connectivity index (χ4n) is 2.63. The summed E-state index contributed by atoms with van der Waals surface area (Å²) in [6, 6.07) is 12.3. The number of benzene rings is 3. The van der Waals surface area contributed by atoms with E-state index in [4.69, 9.17) is 4.74 Å². The lowest BCUT2D eigenvalue weighted by Gasteiger charge is -2.08. The van der Waals surface area contributed by atoms with Gasteiger partial charge in [0.05, 0.1) is 12.0 Å². The molecule has 0 amide bonds. The Labute approximate surface area is 150 Å². The first-order valence-electron chi connectivity index (χ1n) is 7.60. The third kappa shape index (κ3) is 3.37. The largest absolute Gasteiger partial charge is 0.506 e. The van der Waals surface area contributed by atoms with Crippen LogP contribution in [0.1, 0.15) is 5.56 Å². The van der Waals surface area contributed by atoms with Gasteiger partial charge in [0.1, 0.15) is 22.9 Å². The van der Waals surface area contributed by atoms with Crippen molar-refractivity contribution >= 4 is 32.3 Å². The average molecular weight is 372 g/mol. The number of para-hydroxylation sites is 1. The van der Waals surface area contributed by atoms with Crippen LogP contribution in [0.15, 0.2) is 63.7 Å². The highest BCUT2D eigenvalue weighted by atomic mass is 32.2. The monoisotopic (exact) mass is 372 g/mol. The van der Waals surface area contributed by atoms with E-state index in [0.29, 0.717) is 22.2 Å². The number of hydrogen-bond acceptors (Lipinski definition) is 6. The van der Waals surface area contributed by atoms with Gasteiger partial charge >= 0.3 is 0 Å². The van der Waals surface area contributed by atoms with Crippen LogP contribution in [0.2, 0.25) is 0 Å². The van der Waals surface area contributed by atoms with Crippen LogP contribution in [-0.4, -0.2) is 25.2 Å². The zero-order valence-corrected chi connectivity index (χ0v) is 14.9. The van der Waals surface area contributed by atoms with Crippen molar-refractivity contribution in [3.63, 3.8) is 0 Å². The molecule has 0 radical (unpaired) electrons. The highest BCUT2D eigenvalue weighted by Gasteiger charge is 2.13. The Morgan fingerprint density at radius 1 is 1.04 bits per heavy atom. The van der Waals surface area contributed by atoms with Crippen molar-refractivity contribution in [1.29, 1.82) is 0 Å². The number of azo groups is 1. The Morgan fingerprint density at radius 3 is 2.50 bits per heavy atom. The lowest BCUT2D eigenvalue weighted by molar-refractivity contribution is 0.412. The molecule has 0 heterocycles. The molecule has 0 fully saturated rings. The summed E-state index contributed by atoms with van der Waals surface area (Å²) in [5, 5.41) is 19.4. The maximum atomic E-state index is 11.3. The van der Waals surface area contributed by atoms with E-state index in [0.717, 1.165) is 5.56 Å². The third-order valence-corrected chi connectivity index (χ3v) is 4.74. The molecule has 0 aliphatic rings. The fraction of sp³-hybridized carbons (Fsp3) is 0.111. The van der Waals surface area contributed by atoms with Crippen LogP contribution in [0.4, 0.5) is 11.4 Å². The molecular weight excluding hydrogens is 356 g/mol. The van der Waals surface area contributed by atoms with E-state index in [1.807, 2.05) is 19.1 Å². The SMILES string of the molecule is COc1c(C)cccc1N=Nc1c(O)ccc2cc(S(=O)(=O)O)ccc12. The molecule has 0 aromatic heterocycles. The van der Waals surface area contributed by atoms with Gasteiger partial charge in [-0.15, -0.1) is 10.2 Å². The van der Waals surface area contributed by atoms with Gasteiger partial charge in [0.25, 0.3) is 10.1 Å². The predicted molar refractivity (Wildman–Crippen MR) is 97.3 cm³/mol. The maximum absolute atomic E-state index is 11.3. The van der Waals surface area contributed by atoms with Gasteiger partial charge in [0.15, 0.2) is 0 Å². The Kier molecular flexibility index (Phi) is 4.62. The molecule has 3 rings (SSSR count). The Balaban J connectivity index is 2.13. The minimum Gasteiger partial charge on any atom is -0.506 e. The number of hydrogen-bond donors (Lipinski definition) is 2.